The fraction of sp³-hybridized carbons (Fsp3) is 0.290. The summed E-state index contributed by atoms with van der Waals surface area (Å²) < 4.78 is 13.3. The summed E-state index contributed by atoms with van der Waals surface area (Å²) >= 11 is 0. The molecule has 3 heterocycles. The van der Waals surface area contributed by atoms with Gasteiger partial charge < -0.3 is 18.6 Å². The van der Waals surface area contributed by atoms with Crippen molar-refractivity contribution in [3.63, 3.8) is 0 Å². The Bertz CT molecular complexity index is 1610. The van der Waals surface area contributed by atoms with Crippen molar-refractivity contribution in [1.29, 1.82) is 0 Å². The van der Waals surface area contributed by atoms with E-state index in [1.165, 1.54) is 0 Å². The fourth-order valence-electron chi connectivity index (χ4n) is 5.62. The zero-order valence-corrected chi connectivity index (χ0v) is 20.9. The van der Waals surface area contributed by atoms with Gasteiger partial charge in [-0.1, -0.05) is 30.3 Å². The summed E-state index contributed by atoms with van der Waals surface area (Å²) in [6.45, 7) is 2.52. The number of rotatable bonds is 6. The van der Waals surface area contributed by atoms with E-state index in [1.807, 2.05) is 24.3 Å². The van der Waals surface area contributed by atoms with Gasteiger partial charge in [-0.2, -0.15) is 0 Å². The van der Waals surface area contributed by atoms with Gasteiger partial charge in [0.05, 0.1) is 24.4 Å². The molecule has 5 aromatic rings. The Morgan fingerprint density at radius 3 is 2.59 bits per heavy atom. The Balaban J connectivity index is 1.22. The fourth-order valence-corrected chi connectivity index (χ4v) is 5.62. The number of fused-ring (bicyclic) bond motifs is 2. The predicted octanol–water partition coefficient (Wildman–Crippen LogP) is 6.38. The van der Waals surface area contributed by atoms with E-state index in [-0.39, 0.29) is 5.92 Å². The van der Waals surface area contributed by atoms with Gasteiger partial charge in [0, 0.05) is 42.6 Å². The van der Waals surface area contributed by atoms with Gasteiger partial charge in [0.2, 0.25) is 5.91 Å². The second-order valence-corrected chi connectivity index (χ2v) is 10.4. The molecule has 1 aliphatic carbocycles. The minimum absolute atomic E-state index is 0.278. The summed E-state index contributed by atoms with van der Waals surface area (Å²) in [7, 11) is 1.70. The zero-order chi connectivity index (χ0) is 24.9. The van der Waals surface area contributed by atoms with E-state index >= 15 is 0 Å². The summed E-state index contributed by atoms with van der Waals surface area (Å²) in [6.07, 6.45) is 4.86. The maximum atomic E-state index is 12.6. The number of likely N-dealkylation sites (tertiary alicyclic amines) is 1. The average Bonchev–Trinajstić information content (AvgIpc) is 3.33. The van der Waals surface area contributed by atoms with Crippen molar-refractivity contribution in [2.75, 3.05) is 20.2 Å². The molecule has 1 saturated heterocycles. The molecule has 0 bridgehead atoms. The summed E-state index contributed by atoms with van der Waals surface area (Å²) in [4.78, 5) is 19.8. The maximum absolute atomic E-state index is 12.6. The van der Waals surface area contributed by atoms with Crippen LogP contribution in [0, 0.1) is 11.8 Å². The molecule has 7 rings (SSSR count). The first kappa shape index (κ1) is 22.2. The van der Waals surface area contributed by atoms with Crippen LogP contribution in [0.2, 0.25) is 0 Å². The smallest absolute Gasteiger partial charge is 0.225 e. The van der Waals surface area contributed by atoms with Crippen LogP contribution in [0.25, 0.3) is 44.5 Å². The van der Waals surface area contributed by atoms with Gasteiger partial charge in [-0.3, -0.25) is 4.79 Å². The minimum atomic E-state index is 0.278. The lowest BCUT2D eigenvalue weighted by Gasteiger charge is -2.18. The molecule has 1 saturated carbocycles. The normalized spacial score (nSPS) is 17.6. The van der Waals surface area contributed by atoms with Crippen molar-refractivity contribution >= 4 is 27.9 Å². The third-order valence-electron chi connectivity index (χ3n) is 7.85. The Hall–Kier alpha value is -4.06. The van der Waals surface area contributed by atoms with Crippen LogP contribution in [0.3, 0.4) is 0 Å². The first-order valence-corrected chi connectivity index (χ1v) is 13.1. The molecule has 1 atom stereocenters. The number of nitrogens with zero attached hydrogens (tertiary/aromatic N) is 3. The largest absolute Gasteiger partial charge is 0.497 e. The SMILES string of the molecule is COc1ccc2nc(-c3ccc(-c4ccc5occc5c4)cc3)n(CC3CCN(C(=O)C4CC4)C3)c2c1. The molecule has 1 amide bonds. The van der Waals surface area contributed by atoms with Crippen molar-refractivity contribution in [2.24, 2.45) is 11.8 Å². The molecule has 2 aliphatic rings. The molecule has 2 aromatic heterocycles. The van der Waals surface area contributed by atoms with Gasteiger partial charge in [0.15, 0.2) is 0 Å². The highest BCUT2D eigenvalue weighted by Crippen LogP contribution is 2.35. The number of hydrogen-bond acceptors (Lipinski definition) is 4. The van der Waals surface area contributed by atoms with E-state index in [9.17, 15) is 4.79 Å². The van der Waals surface area contributed by atoms with Crippen molar-refractivity contribution in [1.82, 2.24) is 14.5 Å². The molecule has 3 aromatic carbocycles. The number of furan rings is 1. The molecule has 0 radical (unpaired) electrons. The van der Waals surface area contributed by atoms with Crippen LogP contribution in [0.5, 0.6) is 5.75 Å². The first-order valence-electron chi connectivity index (χ1n) is 13.1. The third-order valence-corrected chi connectivity index (χ3v) is 7.85. The molecule has 37 heavy (non-hydrogen) atoms. The van der Waals surface area contributed by atoms with Crippen molar-refractivity contribution in [2.45, 2.75) is 25.8 Å². The molecule has 186 valence electrons. The molecule has 6 nitrogen and oxygen atoms in total. The number of methoxy groups -OCH3 is 1. The lowest BCUT2D eigenvalue weighted by molar-refractivity contribution is -0.131. The second-order valence-electron chi connectivity index (χ2n) is 10.4. The molecule has 0 N–H and O–H groups in total. The minimum Gasteiger partial charge on any atom is -0.497 e. The van der Waals surface area contributed by atoms with Gasteiger partial charge in [0.25, 0.3) is 0 Å². The van der Waals surface area contributed by atoms with Gasteiger partial charge in [0.1, 0.15) is 17.2 Å². The summed E-state index contributed by atoms with van der Waals surface area (Å²) in [5.74, 6) is 2.81. The lowest BCUT2D eigenvalue weighted by Crippen LogP contribution is -2.30. The van der Waals surface area contributed by atoms with Gasteiger partial charge in [-0.25, -0.2) is 4.98 Å². The van der Waals surface area contributed by atoms with E-state index in [1.54, 1.807) is 13.4 Å². The molecular formula is C31H29N3O3. The van der Waals surface area contributed by atoms with E-state index in [0.29, 0.717) is 11.8 Å². The highest BCUT2D eigenvalue weighted by atomic mass is 16.5. The maximum Gasteiger partial charge on any atom is 0.225 e. The van der Waals surface area contributed by atoms with Crippen LogP contribution in [-0.2, 0) is 11.3 Å². The van der Waals surface area contributed by atoms with Crippen LogP contribution in [0.1, 0.15) is 19.3 Å². The van der Waals surface area contributed by atoms with E-state index in [4.69, 9.17) is 14.1 Å². The standard InChI is InChI=1S/C31H29N3O3/c1-36-26-9-10-27-28(17-26)34(19-20-12-14-33(18-20)31(35)23-6-7-23)30(32-27)22-4-2-21(3-5-22)24-8-11-29-25(16-24)13-15-37-29/h2-5,8-11,13,15-17,20,23H,6-7,12,14,18-19H2,1H3. The molecule has 6 heteroatoms. The average molecular weight is 492 g/mol. The summed E-state index contributed by atoms with van der Waals surface area (Å²) in [5.41, 5.74) is 6.30. The van der Waals surface area contributed by atoms with Crippen LogP contribution in [0.4, 0.5) is 0 Å². The Morgan fingerprint density at radius 1 is 0.973 bits per heavy atom. The Kier molecular flexibility index (Phi) is 5.27. The van der Waals surface area contributed by atoms with Crippen LogP contribution < -0.4 is 4.74 Å². The monoisotopic (exact) mass is 491 g/mol. The first-order chi connectivity index (χ1) is 18.2. The zero-order valence-electron chi connectivity index (χ0n) is 20.9. The Morgan fingerprint density at radius 2 is 1.78 bits per heavy atom. The number of amides is 1. The van der Waals surface area contributed by atoms with E-state index in [0.717, 1.165) is 89.2 Å². The van der Waals surface area contributed by atoms with Gasteiger partial charge in [-0.15, -0.1) is 0 Å². The number of ether oxygens (including phenoxy) is 1. The number of benzene rings is 3. The Labute approximate surface area is 215 Å². The lowest BCUT2D eigenvalue weighted by atomic mass is 10.0. The van der Waals surface area contributed by atoms with E-state index in [2.05, 4.69) is 51.9 Å². The van der Waals surface area contributed by atoms with Crippen LogP contribution in [-0.4, -0.2) is 40.6 Å². The predicted molar refractivity (Wildman–Crippen MR) is 144 cm³/mol. The summed E-state index contributed by atoms with van der Waals surface area (Å²) in [6, 6.07) is 23.0. The second kappa shape index (κ2) is 8.80. The molecule has 1 unspecified atom stereocenters. The third kappa shape index (κ3) is 4.06. The van der Waals surface area contributed by atoms with Crippen molar-refractivity contribution in [3.8, 4) is 28.3 Å². The van der Waals surface area contributed by atoms with Gasteiger partial charge in [-0.05, 0) is 66.6 Å². The number of aromatic nitrogens is 2. The van der Waals surface area contributed by atoms with Crippen molar-refractivity contribution in [3.05, 3.63) is 73.0 Å². The number of carbonyl (C=O) groups is 1. The molecule has 0 spiro atoms. The number of imidazole rings is 1. The molecule has 1 aliphatic heterocycles. The van der Waals surface area contributed by atoms with E-state index < -0.39 is 0 Å². The van der Waals surface area contributed by atoms with Crippen LogP contribution >= 0.6 is 0 Å². The number of carbonyl (C=O) groups excluding carboxylic acids is 1. The van der Waals surface area contributed by atoms with Crippen LogP contribution in [0.15, 0.2) is 77.4 Å². The molecule has 2 fully saturated rings. The quantitative estimate of drug-likeness (QED) is 0.276. The number of hydrogen-bond donors (Lipinski definition) is 0. The topological polar surface area (TPSA) is 60.5 Å². The highest BCUT2D eigenvalue weighted by Gasteiger charge is 2.36. The van der Waals surface area contributed by atoms with Crippen molar-refractivity contribution < 1.29 is 13.9 Å². The molecular weight excluding hydrogens is 462 g/mol. The van der Waals surface area contributed by atoms with Gasteiger partial charge >= 0.3 is 0 Å². The summed E-state index contributed by atoms with van der Waals surface area (Å²) in [5, 5.41) is 1.10. The highest BCUT2D eigenvalue weighted by molar-refractivity contribution is 5.85.